The molecule has 68 heavy (non-hydrogen) atoms. The third-order valence-electron chi connectivity index (χ3n) is 7.94. The summed E-state index contributed by atoms with van der Waals surface area (Å²) in [5.74, 6) is -2.33. The maximum absolute atomic E-state index is 12.8. The Hall–Kier alpha value is -5.44. The maximum Gasteiger partial charge on any atom is 0.397 e. The summed E-state index contributed by atoms with van der Waals surface area (Å²) in [4.78, 5) is -6.38. The molecule has 0 fully saturated rings. The number of anilines is 2. The molecule has 0 atom stereocenters. The lowest BCUT2D eigenvalue weighted by atomic mass is 10.2. The minimum atomic E-state index is -5.44. The number of hydrogen-bond acceptors (Lipinski definition) is 26. The molecule has 4 aromatic carbocycles. The van der Waals surface area contributed by atoms with E-state index in [4.69, 9.17) is 20.6 Å². The summed E-state index contributed by atoms with van der Waals surface area (Å²) in [6.07, 6.45) is 0. The van der Waals surface area contributed by atoms with Gasteiger partial charge in [0.2, 0.25) is 0 Å². The Labute approximate surface area is 384 Å². The highest BCUT2D eigenvalue weighted by Gasteiger charge is 2.26. The number of hydrogen-bond donors (Lipinski definition) is 8. The molecule has 0 saturated carbocycles. The second-order valence-electron chi connectivity index (χ2n) is 12.6. The van der Waals surface area contributed by atoms with Crippen LogP contribution < -0.4 is 11.5 Å². The third-order valence-corrected chi connectivity index (χ3v) is 15.7. The highest BCUT2D eigenvalue weighted by molar-refractivity contribution is 7.92. The Bertz CT molecular complexity index is 3730. The van der Waals surface area contributed by atoms with Gasteiger partial charge in [0.1, 0.15) is 48.8 Å². The summed E-state index contributed by atoms with van der Waals surface area (Å²) in [6.45, 7) is -2.30. The van der Waals surface area contributed by atoms with Crippen molar-refractivity contribution in [2.24, 2.45) is 30.7 Å². The normalized spacial score (nSPS) is 13.8. The largest absolute Gasteiger partial charge is 0.397 e. The van der Waals surface area contributed by atoms with Crippen molar-refractivity contribution in [1.82, 2.24) is 0 Å². The van der Waals surface area contributed by atoms with Crippen LogP contribution in [0.4, 0.5) is 45.5 Å². The molecule has 0 aliphatic heterocycles. The third kappa shape index (κ3) is 14.8. The van der Waals surface area contributed by atoms with Crippen LogP contribution in [0.3, 0.4) is 0 Å². The highest BCUT2D eigenvalue weighted by Crippen LogP contribution is 2.46. The van der Waals surface area contributed by atoms with E-state index in [1.807, 2.05) is 0 Å². The van der Waals surface area contributed by atoms with Crippen molar-refractivity contribution in [3.05, 3.63) is 60.7 Å². The van der Waals surface area contributed by atoms with Gasteiger partial charge in [0.25, 0.3) is 40.5 Å². The standard InChI is InChI=1S/C28H28N8O24S8/c29-26-21(34-31-18-4-1-15(12-24(18)65(47,48)49)61(37,38)9-7-59-67(53,54)55)14-22(35-33-20-11-17(63(41,42)43)3-6-23(20)64(44,45)46)27(30)28(26)36-32-19-5-2-16(13-25(19)66(50,51)52)62(39,40)10-8-60-68(56,57)58/h1-6,11-14H,7-10,29-30H2,(H,41,42,43)(H,44,45,46)(H,47,48,49)(H,50,51,52)(H,53,54,55)(H,56,57,58)/b34-31+,35-33+,36-32+. The van der Waals surface area contributed by atoms with Gasteiger partial charge in [-0.15, -0.1) is 30.7 Å². The van der Waals surface area contributed by atoms with Gasteiger partial charge in [-0.25, -0.2) is 25.2 Å². The fraction of sp³-hybridized carbons (Fsp3) is 0.143. The van der Waals surface area contributed by atoms with Crippen LogP contribution in [-0.4, -0.2) is 119 Å². The van der Waals surface area contributed by atoms with Crippen molar-refractivity contribution in [3.8, 4) is 0 Å². The van der Waals surface area contributed by atoms with Crippen LogP contribution in [0, 0.1) is 0 Å². The molecule has 0 radical (unpaired) electrons. The lowest BCUT2D eigenvalue weighted by molar-refractivity contribution is 0.282. The molecule has 4 aromatic rings. The average Bonchev–Trinajstić information content (AvgIpc) is 3.17. The van der Waals surface area contributed by atoms with Crippen molar-refractivity contribution in [1.29, 1.82) is 0 Å². The molecule has 0 bridgehead atoms. The van der Waals surface area contributed by atoms with Crippen LogP contribution in [0.1, 0.15) is 0 Å². The van der Waals surface area contributed by atoms with Crippen LogP contribution in [0.15, 0.2) is 121 Å². The minimum absolute atomic E-state index is 0.341. The van der Waals surface area contributed by atoms with Gasteiger partial charge in [0.15, 0.2) is 19.7 Å². The summed E-state index contributed by atoms with van der Waals surface area (Å²) in [5.41, 5.74) is 5.81. The number of sulfone groups is 2. The molecular weight excluding hydrogens is 1090 g/mol. The van der Waals surface area contributed by atoms with Gasteiger partial charge >= 0.3 is 20.8 Å². The lowest BCUT2D eigenvalue weighted by Crippen LogP contribution is -2.16. The van der Waals surface area contributed by atoms with E-state index in [0.717, 1.165) is 6.07 Å². The van der Waals surface area contributed by atoms with Crippen LogP contribution >= 0.6 is 0 Å². The number of nitrogens with zero attached hydrogens (tertiary/aromatic N) is 6. The minimum Gasteiger partial charge on any atom is -0.395 e. The molecule has 0 saturated heterocycles. The average molecular weight is 1120 g/mol. The molecule has 32 nitrogen and oxygen atoms in total. The first kappa shape index (κ1) is 55.2. The van der Waals surface area contributed by atoms with Gasteiger partial charge in [0, 0.05) is 0 Å². The van der Waals surface area contributed by atoms with Crippen molar-refractivity contribution in [3.63, 3.8) is 0 Å². The number of rotatable bonds is 20. The second kappa shape index (κ2) is 19.9. The zero-order valence-electron chi connectivity index (χ0n) is 32.7. The fourth-order valence-electron chi connectivity index (χ4n) is 4.91. The molecule has 0 aromatic heterocycles. The van der Waals surface area contributed by atoms with Gasteiger partial charge in [-0.1, -0.05) is 0 Å². The topological polar surface area (TPSA) is 539 Å². The zero-order valence-corrected chi connectivity index (χ0v) is 39.3. The predicted octanol–water partition coefficient (Wildman–Crippen LogP) is 2.27. The van der Waals surface area contributed by atoms with Gasteiger partial charge in [-0.3, -0.25) is 27.3 Å². The molecule has 10 N–H and O–H groups in total. The van der Waals surface area contributed by atoms with E-state index >= 15 is 0 Å². The van der Waals surface area contributed by atoms with E-state index < -0.39 is 181 Å². The zero-order chi connectivity index (χ0) is 51.6. The highest BCUT2D eigenvalue weighted by atomic mass is 32.3. The van der Waals surface area contributed by atoms with Crippen molar-refractivity contribution in [2.45, 2.75) is 29.4 Å². The van der Waals surface area contributed by atoms with E-state index in [-0.39, 0.29) is 0 Å². The lowest BCUT2D eigenvalue weighted by Gasteiger charge is -2.11. The van der Waals surface area contributed by atoms with Gasteiger partial charge in [-0.05, 0) is 60.7 Å². The molecule has 4 rings (SSSR count). The molecule has 0 spiro atoms. The van der Waals surface area contributed by atoms with E-state index in [1.54, 1.807) is 0 Å². The Balaban J connectivity index is 1.97. The maximum atomic E-state index is 12.8. The SMILES string of the molecule is Nc1c(/N=N/c2cc(S(=O)(=O)O)ccc2S(=O)(=O)O)cc(/N=N/c2ccc(S(=O)(=O)CCOS(=O)(=O)O)cc2S(=O)(=O)O)c(N)c1/N=N/c1ccc(S(=O)(=O)CCOS(=O)(=O)O)cc1S(=O)(=O)O. The predicted molar refractivity (Wildman–Crippen MR) is 225 cm³/mol. The molecule has 372 valence electrons. The molecule has 0 heterocycles. The fourth-order valence-corrected chi connectivity index (χ4v) is 10.5. The first-order valence-electron chi connectivity index (χ1n) is 16.8. The monoisotopic (exact) mass is 1120 g/mol. The molecular formula is C28H28N8O24S8. The summed E-state index contributed by atoms with van der Waals surface area (Å²) in [6, 6.07) is 5.55. The van der Waals surface area contributed by atoms with Gasteiger partial charge < -0.3 is 11.5 Å². The van der Waals surface area contributed by atoms with Crippen molar-refractivity contribution in [2.75, 3.05) is 36.2 Å². The van der Waals surface area contributed by atoms with Crippen LogP contribution in [-0.2, 0) is 89.3 Å². The van der Waals surface area contributed by atoms with Crippen molar-refractivity contribution >= 4 is 126 Å². The Morgan fingerprint density at radius 2 is 0.735 bits per heavy atom. The summed E-state index contributed by atoms with van der Waals surface area (Å²) in [5, 5.41) is 21.9. The molecule has 0 amide bonds. The molecule has 0 unspecified atom stereocenters. The Kier molecular flexibility index (Phi) is 16.1. The summed E-state index contributed by atoms with van der Waals surface area (Å²) in [7, 11) is -40.6. The number of benzene rings is 4. The molecule has 0 aliphatic carbocycles. The van der Waals surface area contributed by atoms with Crippen LogP contribution in [0.25, 0.3) is 0 Å². The first-order chi connectivity index (χ1) is 30.8. The number of azo groups is 3. The van der Waals surface area contributed by atoms with E-state index in [2.05, 4.69) is 39.1 Å². The molecule has 40 heteroatoms. The first-order valence-corrected chi connectivity index (χ1v) is 28.6. The summed E-state index contributed by atoms with van der Waals surface area (Å²) >= 11 is 0. The van der Waals surface area contributed by atoms with E-state index in [0.29, 0.717) is 54.6 Å². The Morgan fingerprint density at radius 3 is 1.10 bits per heavy atom. The smallest absolute Gasteiger partial charge is 0.395 e. The van der Waals surface area contributed by atoms with Crippen LogP contribution in [0.5, 0.6) is 0 Å². The number of nitrogen functional groups attached to an aromatic ring is 2. The molecule has 0 aliphatic rings. The van der Waals surface area contributed by atoms with Crippen LogP contribution in [0.2, 0.25) is 0 Å². The van der Waals surface area contributed by atoms with Gasteiger partial charge in [-0.2, -0.15) is 50.5 Å². The number of nitrogens with two attached hydrogens (primary N) is 2. The van der Waals surface area contributed by atoms with E-state index in [9.17, 15) is 85.6 Å². The van der Waals surface area contributed by atoms with E-state index in [1.165, 1.54) is 0 Å². The van der Waals surface area contributed by atoms with Crippen molar-refractivity contribution < 1.29 is 103 Å². The quantitative estimate of drug-likeness (QED) is 0.0357. The summed E-state index contributed by atoms with van der Waals surface area (Å²) < 4.78 is 256. The Morgan fingerprint density at radius 1 is 0.382 bits per heavy atom. The second-order valence-corrected chi connectivity index (χ2v) is 24.6. The van der Waals surface area contributed by atoms with Gasteiger partial charge in [0.05, 0.1) is 50.8 Å².